The topological polar surface area (TPSA) is 86.3 Å². The molecular weight excluding hydrogens is 589 g/mol. The van der Waals surface area contributed by atoms with Gasteiger partial charge in [0.25, 0.3) is 0 Å². The van der Waals surface area contributed by atoms with E-state index in [1.165, 1.54) is 90.0 Å². The molecule has 2 saturated carbocycles. The third-order valence-electron chi connectivity index (χ3n) is 13.3. The molecule has 7 aliphatic rings. The Bertz CT molecular complexity index is 1700. The van der Waals surface area contributed by atoms with Gasteiger partial charge in [0.2, 0.25) is 0 Å². The molecule has 2 bridgehead atoms. The lowest BCUT2D eigenvalue weighted by Crippen LogP contribution is -2.68. The fourth-order valence-electron chi connectivity index (χ4n) is 10.5. The summed E-state index contributed by atoms with van der Waals surface area (Å²) in [6, 6.07) is 7.70. The summed E-state index contributed by atoms with van der Waals surface area (Å²) in [5, 5.41) is 6.49. The number of allylic oxidation sites excluding steroid dienone is 2. The number of rotatable bonds is 1. The number of hydrogen-bond donors (Lipinski definition) is 4. The minimum atomic E-state index is -0.243. The first-order valence-corrected chi connectivity index (χ1v) is 19.3. The Hall–Kier alpha value is -2.64. The summed E-state index contributed by atoms with van der Waals surface area (Å²) in [5.74, 6) is 2.16. The minimum Gasteiger partial charge on any atom is -0.358 e. The summed E-state index contributed by atoms with van der Waals surface area (Å²) in [7, 11) is 2.25. The van der Waals surface area contributed by atoms with Crippen LogP contribution in [0.4, 0.5) is 5.69 Å². The number of nitrogens with one attached hydrogen (secondary N) is 2. The van der Waals surface area contributed by atoms with Crippen molar-refractivity contribution in [3.8, 4) is 0 Å². The molecule has 3 fully saturated rings. The highest BCUT2D eigenvalue weighted by molar-refractivity contribution is 5.69. The lowest BCUT2D eigenvalue weighted by molar-refractivity contribution is 0.141. The molecule has 48 heavy (non-hydrogen) atoms. The van der Waals surface area contributed by atoms with Gasteiger partial charge in [-0.2, -0.15) is 0 Å². The highest BCUT2D eigenvalue weighted by Crippen LogP contribution is 2.65. The zero-order valence-electron chi connectivity index (χ0n) is 30.7. The van der Waals surface area contributed by atoms with Gasteiger partial charge in [0, 0.05) is 49.0 Å². The monoisotopic (exact) mass is 651 g/mol. The molecule has 1 aromatic carbocycles. The van der Waals surface area contributed by atoms with E-state index in [1.54, 1.807) is 11.1 Å². The van der Waals surface area contributed by atoms with Crippen LogP contribution < -0.4 is 32.3 Å². The first-order valence-electron chi connectivity index (χ1n) is 19.3. The van der Waals surface area contributed by atoms with Crippen LogP contribution in [0.2, 0.25) is 0 Å². The van der Waals surface area contributed by atoms with Crippen LogP contribution in [0.15, 0.2) is 41.5 Å². The summed E-state index contributed by atoms with van der Waals surface area (Å²) in [4.78, 5) is 8.81. The maximum absolute atomic E-state index is 7.42. The molecule has 1 spiro atoms. The molecule has 5 heterocycles. The lowest BCUT2D eigenvalue weighted by atomic mass is 9.65. The molecule has 8 atom stereocenters. The maximum Gasteiger partial charge on any atom is 0.103 e. The second-order valence-corrected chi connectivity index (χ2v) is 15.7. The normalized spacial score (nSPS) is 36.9. The molecule has 260 valence electrons. The fourth-order valence-corrected chi connectivity index (χ4v) is 10.5. The van der Waals surface area contributed by atoms with Gasteiger partial charge in [-0.15, -0.1) is 0 Å². The molecule has 1 aromatic heterocycles. The second-order valence-electron chi connectivity index (χ2n) is 15.7. The van der Waals surface area contributed by atoms with Gasteiger partial charge in [-0.3, -0.25) is 4.90 Å². The van der Waals surface area contributed by atoms with Crippen LogP contribution in [0.1, 0.15) is 95.0 Å². The van der Waals surface area contributed by atoms with Crippen molar-refractivity contribution in [1.29, 1.82) is 0 Å². The van der Waals surface area contributed by atoms with Crippen molar-refractivity contribution >= 4 is 17.8 Å². The molecule has 0 radical (unpaired) electrons. The van der Waals surface area contributed by atoms with Crippen LogP contribution >= 0.6 is 0 Å². The molecule has 8 unspecified atom stereocenters. The van der Waals surface area contributed by atoms with Gasteiger partial charge in [0.05, 0.1) is 5.41 Å². The minimum absolute atomic E-state index is 0.0649. The highest BCUT2D eigenvalue weighted by atomic mass is 15.4. The Labute approximate surface area is 289 Å². The Morgan fingerprint density at radius 1 is 1.08 bits per heavy atom. The second kappa shape index (κ2) is 13.2. The average molecular weight is 651 g/mol. The number of anilines is 1. The molecule has 0 amide bonds. The number of H-pyrrole nitrogens is 1. The van der Waals surface area contributed by atoms with Gasteiger partial charge < -0.3 is 26.7 Å². The van der Waals surface area contributed by atoms with E-state index in [4.69, 9.17) is 11.5 Å². The quantitative estimate of drug-likeness (QED) is 0.321. The number of aromatic amines is 1. The lowest BCUT2D eigenvalue weighted by Gasteiger charge is -2.49. The maximum atomic E-state index is 7.42. The number of nitrogens with zero attached hydrogens (tertiary/aromatic N) is 2. The molecule has 9 rings (SSSR count). The first-order chi connectivity index (χ1) is 23.2. The van der Waals surface area contributed by atoms with E-state index in [2.05, 4.69) is 90.4 Å². The molecule has 6 nitrogen and oxygen atoms in total. The number of hydrogen-bond acceptors (Lipinski definition) is 5. The van der Waals surface area contributed by atoms with Gasteiger partial charge in [-0.1, -0.05) is 55.9 Å². The number of nitrogens with two attached hydrogens (primary N) is 2. The number of aromatic nitrogens is 1. The first kappa shape index (κ1) is 33.8. The summed E-state index contributed by atoms with van der Waals surface area (Å²) >= 11 is 0. The van der Waals surface area contributed by atoms with Crippen LogP contribution in [0.3, 0.4) is 0 Å². The molecule has 2 aromatic rings. The molecule has 6 heteroatoms. The van der Waals surface area contributed by atoms with Crippen LogP contribution in [-0.4, -0.2) is 60.9 Å². The molecule has 1 saturated heterocycles. The third-order valence-corrected chi connectivity index (χ3v) is 13.3. The third kappa shape index (κ3) is 5.46. The van der Waals surface area contributed by atoms with Crippen molar-refractivity contribution in [3.05, 3.63) is 74.4 Å². The van der Waals surface area contributed by atoms with Crippen LogP contribution in [0.5, 0.6) is 0 Å². The van der Waals surface area contributed by atoms with E-state index < -0.39 is 0 Å². The van der Waals surface area contributed by atoms with Crippen molar-refractivity contribution < 1.29 is 0 Å². The van der Waals surface area contributed by atoms with Gasteiger partial charge in [0.1, 0.15) is 5.66 Å². The number of fused-ring (bicyclic) bond motifs is 8. The SMILES string of the molecule is CC.CC(N)/C1=C2\CC2CCc2[nH]c3c(c2CCNC1)=CCCC=3.Cc1ccc2c(c1)N(C)C1(N)C3CC3C/C=C\CN3CCC21C3C. The van der Waals surface area contributed by atoms with E-state index in [0.29, 0.717) is 12.0 Å². The Kier molecular flexibility index (Phi) is 9.34. The van der Waals surface area contributed by atoms with E-state index >= 15 is 0 Å². The van der Waals surface area contributed by atoms with Crippen LogP contribution in [0.25, 0.3) is 12.2 Å². The van der Waals surface area contributed by atoms with E-state index in [-0.39, 0.29) is 17.1 Å². The largest absolute Gasteiger partial charge is 0.358 e. The smallest absolute Gasteiger partial charge is 0.103 e. The predicted molar refractivity (Wildman–Crippen MR) is 202 cm³/mol. The van der Waals surface area contributed by atoms with Gasteiger partial charge in [-0.25, -0.2) is 0 Å². The Balaban J connectivity index is 0.000000145. The van der Waals surface area contributed by atoms with Gasteiger partial charge in [-0.05, 0) is 143 Å². The number of likely N-dealkylation sites (N-methyl/N-ethyl adjacent to an activating group) is 1. The molecule has 4 aliphatic heterocycles. The van der Waals surface area contributed by atoms with Crippen molar-refractivity contribution in [2.75, 3.05) is 38.1 Å². The standard InChI is InChI=1S/C21H29N3.C19H27N3.C2H6/c1-14-7-8-17-19(12-14)23(3)21(22)18-13-16(18)6-4-5-10-24-11-9-20(17,21)15(24)2;1-12(20)17-11-21-9-8-15-14-4-2-3-5-18(14)22-19(15)7-6-13-10-16(13)17;1-2/h4-5,7-8,12,15-16,18H,6,9-11,13,22H2,1-3H3;4-5,12-13,21-22H,2-3,6-11,20H2,1H3;1-2H3/b5-4-;17-16+;. The summed E-state index contributed by atoms with van der Waals surface area (Å²) < 4.78 is 0. The molecular formula is C42H62N6. The van der Waals surface area contributed by atoms with Crippen molar-refractivity contribution in [2.45, 2.75) is 116 Å². The molecule has 6 N–H and O–H groups in total. The zero-order valence-corrected chi connectivity index (χ0v) is 30.7. The summed E-state index contributed by atoms with van der Waals surface area (Å²) in [6.45, 7) is 15.0. The van der Waals surface area contributed by atoms with E-state index in [1.807, 2.05) is 13.8 Å². The van der Waals surface area contributed by atoms with Crippen molar-refractivity contribution in [3.63, 3.8) is 0 Å². The Morgan fingerprint density at radius 2 is 1.90 bits per heavy atom. The van der Waals surface area contributed by atoms with Gasteiger partial charge >= 0.3 is 0 Å². The van der Waals surface area contributed by atoms with Crippen LogP contribution in [-0.2, 0) is 18.3 Å². The number of benzene rings is 1. The fraction of sp³-hybridized carbons (Fsp3) is 0.619. The average Bonchev–Trinajstić information content (AvgIpc) is 3.97. The summed E-state index contributed by atoms with van der Waals surface area (Å²) in [5.41, 5.74) is 23.8. The highest BCUT2D eigenvalue weighted by Gasteiger charge is 2.70. The summed E-state index contributed by atoms with van der Waals surface area (Å²) in [6.07, 6.45) is 20.5. The predicted octanol–water partition coefficient (Wildman–Crippen LogP) is 5.17. The number of aryl methyl sites for hydroxylation is 2. The van der Waals surface area contributed by atoms with Gasteiger partial charge in [0.15, 0.2) is 0 Å². The van der Waals surface area contributed by atoms with Crippen molar-refractivity contribution in [1.82, 2.24) is 15.2 Å². The Morgan fingerprint density at radius 3 is 2.71 bits per heavy atom. The van der Waals surface area contributed by atoms with Crippen molar-refractivity contribution in [2.24, 2.45) is 29.2 Å². The van der Waals surface area contributed by atoms with E-state index in [0.717, 1.165) is 44.4 Å². The van der Waals surface area contributed by atoms with E-state index in [9.17, 15) is 0 Å². The van der Waals surface area contributed by atoms with Crippen LogP contribution in [0, 0.1) is 24.7 Å². The zero-order chi connectivity index (χ0) is 33.8. The molecule has 3 aliphatic carbocycles.